The summed E-state index contributed by atoms with van der Waals surface area (Å²) in [6, 6.07) is 1.88. The fourth-order valence-corrected chi connectivity index (χ4v) is 1.15. The monoisotopic (exact) mass is 176 g/mol. The number of quaternary nitrogens is 1. The molecule has 0 saturated carbocycles. The minimum Gasteiger partial charge on any atom is -0.241 e. The molecule has 0 saturated heterocycles. The minimum atomic E-state index is 0.896. The Kier molecular flexibility index (Phi) is 1.86. The first-order valence-electron chi connectivity index (χ1n) is 4.02. The smallest absolute Gasteiger partial charge is 0.241 e. The van der Waals surface area contributed by atoms with E-state index < -0.39 is 0 Å². The molecule has 0 aliphatic carbocycles. The van der Waals surface area contributed by atoms with Crippen LogP contribution < -0.4 is 4.90 Å². The molecule has 5 heteroatoms. The highest BCUT2D eigenvalue weighted by molar-refractivity contribution is 5.99. The van der Waals surface area contributed by atoms with Crippen molar-refractivity contribution in [3.63, 3.8) is 0 Å². The molecule has 0 aromatic carbocycles. The van der Waals surface area contributed by atoms with E-state index in [0.717, 1.165) is 22.1 Å². The molecule has 2 heterocycles. The van der Waals surface area contributed by atoms with Crippen molar-refractivity contribution in [2.45, 2.75) is 6.92 Å². The molecule has 1 aromatic heterocycles. The van der Waals surface area contributed by atoms with Crippen molar-refractivity contribution in [2.24, 2.45) is 10.2 Å². The van der Waals surface area contributed by atoms with Crippen LogP contribution in [0.1, 0.15) is 12.5 Å². The first kappa shape index (κ1) is 8.00. The largest absolute Gasteiger partial charge is 0.260 e. The van der Waals surface area contributed by atoms with Gasteiger partial charge in [-0.2, -0.15) is 10.2 Å². The van der Waals surface area contributed by atoms with Gasteiger partial charge >= 0.3 is 0 Å². The molecule has 0 amide bonds. The number of hydrogen-bond donors (Lipinski definition) is 1. The second-order valence-corrected chi connectivity index (χ2v) is 2.89. The van der Waals surface area contributed by atoms with E-state index >= 15 is 0 Å². The second kappa shape index (κ2) is 3.02. The van der Waals surface area contributed by atoms with Crippen molar-refractivity contribution >= 4 is 11.7 Å². The Morgan fingerprint density at radius 1 is 1.23 bits per heavy atom. The Balaban J connectivity index is 2.32. The summed E-state index contributed by atoms with van der Waals surface area (Å²) in [5.74, 6) is 1.86. The molecule has 1 aliphatic rings. The molecule has 5 nitrogen and oxygen atoms in total. The van der Waals surface area contributed by atoms with Crippen LogP contribution in [0.2, 0.25) is 0 Å². The van der Waals surface area contributed by atoms with Crippen LogP contribution in [0, 0.1) is 0 Å². The predicted octanol–water partition coefficient (Wildman–Crippen LogP) is -0.915. The maximum Gasteiger partial charge on any atom is 0.260 e. The first-order chi connectivity index (χ1) is 6.29. The molecule has 2 rings (SSSR count). The number of hydrogen-bond acceptors (Lipinski definition) is 4. The fraction of sp³-hybridized carbons (Fsp3) is 0.250. The van der Waals surface area contributed by atoms with Gasteiger partial charge in [-0.15, -0.1) is 0 Å². The maximum absolute atomic E-state index is 4.07. The predicted molar refractivity (Wildman–Crippen MR) is 48.6 cm³/mol. The molecule has 1 aromatic rings. The molecule has 0 fully saturated rings. The van der Waals surface area contributed by atoms with Crippen LogP contribution in [0.25, 0.3) is 0 Å². The molecule has 0 radical (unpaired) electrons. The van der Waals surface area contributed by atoms with Gasteiger partial charge < -0.3 is 0 Å². The fourth-order valence-electron chi connectivity index (χ4n) is 1.15. The lowest BCUT2D eigenvalue weighted by molar-refractivity contribution is -0.671. The third-order valence-electron chi connectivity index (χ3n) is 2.06. The Morgan fingerprint density at radius 3 is 2.62 bits per heavy atom. The quantitative estimate of drug-likeness (QED) is 0.602. The van der Waals surface area contributed by atoms with Crippen LogP contribution >= 0.6 is 0 Å². The van der Waals surface area contributed by atoms with Gasteiger partial charge in [-0.1, -0.05) is 10.2 Å². The lowest BCUT2D eigenvalue weighted by Crippen LogP contribution is -3.12. The third kappa shape index (κ3) is 1.33. The third-order valence-corrected chi connectivity index (χ3v) is 2.06. The summed E-state index contributed by atoms with van der Waals surface area (Å²) in [5, 5.41) is 15.6. The molecule has 13 heavy (non-hydrogen) atoms. The zero-order chi connectivity index (χ0) is 9.26. The van der Waals surface area contributed by atoms with Crippen molar-refractivity contribution in [3.8, 4) is 0 Å². The zero-order valence-corrected chi connectivity index (χ0v) is 7.52. The highest BCUT2D eigenvalue weighted by atomic mass is 15.4. The van der Waals surface area contributed by atoms with Gasteiger partial charge in [0.2, 0.25) is 5.84 Å². The van der Waals surface area contributed by atoms with E-state index in [-0.39, 0.29) is 0 Å². The van der Waals surface area contributed by atoms with Crippen LogP contribution in [0.4, 0.5) is 0 Å². The van der Waals surface area contributed by atoms with Gasteiger partial charge in [0.05, 0.1) is 25.0 Å². The average molecular weight is 176 g/mol. The van der Waals surface area contributed by atoms with E-state index in [9.17, 15) is 0 Å². The molecular formula is C8H10N5+. The van der Waals surface area contributed by atoms with E-state index in [1.807, 2.05) is 20.0 Å². The van der Waals surface area contributed by atoms with Crippen LogP contribution in [0.15, 0.2) is 28.7 Å². The minimum absolute atomic E-state index is 0.896. The molecule has 1 aliphatic heterocycles. The van der Waals surface area contributed by atoms with Crippen molar-refractivity contribution in [1.29, 1.82) is 0 Å². The SMILES string of the molecule is CC1=NN=C(c2ccnnc2)[NH+]1C. The normalized spacial score (nSPS) is 21.2. The van der Waals surface area contributed by atoms with Crippen molar-refractivity contribution in [3.05, 3.63) is 24.0 Å². The van der Waals surface area contributed by atoms with Gasteiger partial charge in [-0.05, 0) is 6.07 Å². The molecule has 1 unspecified atom stereocenters. The van der Waals surface area contributed by atoms with E-state index in [0.29, 0.717) is 0 Å². The van der Waals surface area contributed by atoms with Crippen LogP contribution in [-0.4, -0.2) is 28.9 Å². The molecular weight excluding hydrogens is 166 g/mol. The molecule has 66 valence electrons. The summed E-state index contributed by atoms with van der Waals surface area (Å²) in [4.78, 5) is 1.10. The average Bonchev–Trinajstić information content (AvgIpc) is 2.49. The second-order valence-electron chi connectivity index (χ2n) is 2.89. The Hall–Kier alpha value is -1.62. The number of rotatable bonds is 1. The zero-order valence-electron chi connectivity index (χ0n) is 7.52. The van der Waals surface area contributed by atoms with E-state index in [1.165, 1.54) is 0 Å². The highest BCUT2D eigenvalue weighted by Crippen LogP contribution is 1.96. The summed E-state index contributed by atoms with van der Waals surface area (Å²) in [6.07, 6.45) is 3.34. The highest BCUT2D eigenvalue weighted by Gasteiger charge is 2.23. The van der Waals surface area contributed by atoms with Gasteiger partial charge in [0, 0.05) is 6.92 Å². The molecule has 0 spiro atoms. The van der Waals surface area contributed by atoms with Crippen LogP contribution in [0.3, 0.4) is 0 Å². The van der Waals surface area contributed by atoms with Gasteiger partial charge in [-0.25, -0.2) is 4.90 Å². The molecule has 1 atom stereocenters. The van der Waals surface area contributed by atoms with Crippen LogP contribution in [0.5, 0.6) is 0 Å². The molecule has 1 N–H and O–H groups in total. The summed E-state index contributed by atoms with van der Waals surface area (Å²) < 4.78 is 0. The number of nitrogens with zero attached hydrogens (tertiary/aromatic N) is 4. The maximum atomic E-state index is 4.07. The summed E-state index contributed by atoms with van der Waals surface area (Å²) >= 11 is 0. The lowest BCUT2D eigenvalue weighted by Gasteiger charge is -2.05. The van der Waals surface area contributed by atoms with E-state index in [4.69, 9.17) is 0 Å². The Morgan fingerprint density at radius 2 is 2.08 bits per heavy atom. The Bertz CT molecular complexity index is 367. The summed E-state index contributed by atoms with van der Waals surface area (Å²) in [5.41, 5.74) is 0.966. The lowest BCUT2D eigenvalue weighted by atomic mass is 10.2. The van der Waals surface area contributed by atoms with Gasteiger partial charge in [0.25, 0.3) is 5.84 Å². The van der Waals surface area contributed by atoms with Gasteiger partial charge in [0.15, 0.2) is 0 Å². The van der Waals surface area contributed by atoms with Crippen molar-refractivity contribution in [2.75, 3.05) is 7.05 Å². The standard InChI is InChI=1S/C8H9N5/c1-6-11-12-8(13(6)2)7-3-4-9-10-5-7/h3-5H,1-2H3/p+1. The number of aromatic nitrogens is 2. The van der Waals surface area contributed by atoms with E-state index in [1.54, 1.807) is 12.4 Å². The topological polar surface area (TPSA) is 54.9 Å². The first-order valence-corrected chi connectivity index (χ1v) is 4.02. The van der Waals surface area contributed by atoms with Gasteiger partial charge in [0.1, 0.15) is 0 Å². The molecule has 0 bridgehead atoms. The van der Waals surface area contributed by atoms with Crippen LogP contribution in [-0.2, 0) is 0 Å². The van der Waals surface area contributed by atoms with Gasteiger partial charge in [-0.3, -0.25) is 0 Å². The summed E-state index contributed by atoms with van der Waals surface area (Å²) in [6.45, 7) is 1.94. The number of amidine groups is 2. The van der Waals surface area contributed by atoms with Crippen molar-refractivity contribution < 1.29 is 4.90 Å². The van der Waals surface area contributed by atoms with E-state index in [2.05, 4.69) is 20.4 Å². The summed E-state index contributed by atoms with van der Waals surface area (Å²) in [7, 11) is 2.01. The Labute approximate surface area is 75.8 Å². The van der Waals surface area contributed by atoms with Crippen molar-refractivity contribution in [1.82, 2.24) is 10.2 Å². The number of nitrogens with one attached hydrogen (secondary N) is 1.